The molecule has 0 saturated heterocycles. The van der Waals surface area contributed by atoms with Gasteiger partial charge in [0.1, 0.15) is 0 Å². The average molecular weight is 366 g/mol. The smallest absolute Gasteiger partial charge is 0.187 e. The third-order valence-electron chi connectivity index (χ3n) is 4.20. The van der Waals surface area contributed by atoms with E-state index in [1.807, 2.05) is 24.7 Å². The van der Waals surface area contributed by atoms with Gasteiger partial charge in [0.25, 0.3) is 0 Å². The number of nitrogens with zero attached hydrogens (tertiary/aromatic N) is 5. The van der Waals surface area contributed by atoms with Gasteiger partial charge in [-0.15, -0.1) is 0 Å². The fourth-order valence-corrected chi connectivity index (χ4v) is 3.30. The molecule has 0 N–H and O–H groups in total. The van der Waals surface area contributed by atoms with Gasteiger partial charge in [0.05, 0.1) is 5.69 Å². The van der Waals surface area contributed by atoms with Gasteiger partial charge in [0.15, 0.2) is 5.16 Å². The standard InChI is InChI=1S/C20H23N5S/c1-16(10-19-13-21-8-9-22-19)25(2)14-18-11-23-20(24-12-18)26-15-17-6-4-3-5-7-17/h3-9,11-13,16H,10,14-15H2,1-2H3. The van der Waals surface area contributed by atoms with E-state index in [0.29, 0.717) is 6.04 Å². The Morgan fingerprint density at radius 2 is 1.73 bits per heavy atom. The van der Waals surface area contributed by atoms with Crippen molar-refractivity contribution in [3.05, 3.63) is 78.1 Å². The highest BCUT2D eigenvalue weighted by molar-refractivity contribution is 7.98. The summed E-state index contributed by atoms with van der Waals surface area (Å²) in [6.07, 6.45) is 9.98. The first kappa shape index (κ1) is 18.5. The van der Waals surface area contributed by atoms with Gasteiger partial charge in [-0.05, 0) is 19.5 Å². The summed E-state index contributed by atoms with van der Waals surface area (Å²) in [5.74, 6) is 0.884. The number of rotatable bonds is 8. The van der Waals surface area contributed by atoms with Crippen molar-refractivity contribution in [3.63, 3.8) is 0 Å². The highest BCUT2D eigenvalue weighted by Crippen LogP contribution is 2.19. The summed E-state index contributed by atoms with van der Waals surface area (Å²) >= 11 is 1.66. The van der Waals surface area contributed by atoms with Crippen molar-refractivity contribution in [2.24, 2.45) is 0 Å². The molecule has 0 aliphatic carbocycles. The van der Waals surface area contributed by atoms with Crippen LogP contribution >= 0.6 is 11.8 Å². The number of aromatic nitrogens is 4. The molecule has 0 amide bonds. The molecule has 0 bridgehead atoms. The van der Waals surface area contributed by atoms with Crippen LogP contribution in [0.5, 0.6) is 0 Å². The zero-order valence-corrected chi connectivity index (χ0v) is 15.9. The molecule has 1 aromatic carbocycles. The Kier molecular flexibility index (Phi) is 6.68. The van der Waals surface area contributed by atoms with Crippen LogP contribution in [0.4, 0.5) is 0 Å². The van der Waals surface area contributed by atoms with Gasteiger partial charge in [-0.1, -0.05) is 42.1 Å². The monoisotopic (exact) mass is 365 g/mol. The van der Waals surface area contributed by atoms with E-state index in [2.05, 4.69) is 63.1 Å². The van der Waals surface area contributed by atoms with Gasteiger partial charge in [0.2, 0.25) is 0 Å². The molecule has 1 atom stereocenters. The number of likely N-dealkylation sites (N-methyl/N-ethyl adjacent to an activating group) is 1. The van der Waals surface area contributed by atoms with E-state index in [1.165, 1.54) is 5.56 Å². The predicted molar refractivity (Wildman–Crippen MR) is 105 cm³/mol. The molecular formula is C20H23N5S. The highest BCUT2D eigenvalue weighted by Gasteiger charge is 2.12. The Balaban J connectivity index is 1.50. The second kappa shape index (κ2) is 9.40. The molecule has 0 radical (unpaired) electrons. The van der Waals surface area contributed by atoms with Crippen LogP contribution in [0.2, 0.25) is 0 Å². The maximum atomic E-state index is 4.49. The molecular weight excluding hydrogens is 342 g/mol. The minimum absolute atomic E-state index is 0.360. The van der Waals surface area contributed by atoms with Crippen LogP contribution in [0.25, 0.3) is 0 Å². The Bertz CT molecular complexity index is 780. The number of thioether (sulfide) groups is 1. The van der Waals surface area contributed by atoms with Gasteiger partial charge in [-0.2, -0.15) is 0 Å². The van der Waals surface area contributed by atoms with Crippen molar-refractivity contribution in [2.75, 3.05) is 7.05 Å². The molecule has 26 heavy (non-hydrogen) atoms. The van der Waals surface area contributed by atoms with E-state index in [1.54, 1.807) is 24.2 Å². The molecule has 6 heteroatoms. The third kappa shape index (κ3) is 5.61. The third-order valence-corrected chi connectivity index (χ3v) is 5.14. The van der Waals surface area contributed by atoms with Crippen molar-refractivity contribution >= 4 is 11.8 Å². The highest BCUT2D eigenvalue weighted by atomic mass is 32.2. The van der Waals surface area contributed by atoms with Crippen molar-refractivity contribution < 1.29 is 0 Å². The fourth-order valence-electron chi connectivity index (χ4n) is 2.56. The molecule has 2 heterocycles. The summed E-state index contributed by atoms with van der Waals surface area (Å²) in [6, 6.07) is 10.7. The summed E-state index contributed by atoms with van der Waals surface area (Å²) in [7, 11) is 2.11. The van der Waals surface area contributed by atoms with Gasteiger partial charge in [0, 0.05) is 61.3 Å². The first-order valence-corrected chi connectivity index (χ1v) is 9.62. The lowest BCUT2D eigenvalue weighted by Gasteiger charge is -2.24. The van der Waals surface area contributed by atoms with E-state index in [0.717, 1.165) is 35.1 Å². The van der Waals surface area contributed by atoms with Crippen LogP contribution in [0.15, 0.2) is 66.5 Å². The molecule has 0 spiro atoms. The van der Waals surface area contributed by atoms with Crippen molar-refractivity contribution in [3.8, 4) is 0 Å². The van der Waals surface area contributed by atoms with Gasteiger partial charge in [-0.3, -0.25) is 14.9 Å². The quantitative estimate of drug-likeness (QED) is 0.449. The Morgan fingerprint density at radius 3 is 2.42 bits per heavy atom. The van der Waals surface area contributed by atoms with Crippen LogP contribution < -0.4 is 0 Å². The molecule has 134 valence electrons. The second-order valence-corrected chi connectivity index (χ2v) is 7.26. The first-order valence-electron chi connectivity index (χ1n) is 8.63. The fraction of sp³-hybridized carbons (Fsp3) is 0.300. The first-order chi connectivity index (χ1) is 12.7. The van der Waals surface area contributed by atoms with Gasteiger partial charge < -0.3 is 0 Å². The second-order valence-electron chi connectivity index (χ2n) is 6.31. The minimum atomic E-state index is 0.360. The largest absolute Gasteiger partial charge is 0.299 e. The molecule has 3 aromatic rings. The van der Waals surface area contributed by atoms with Crippen LogP contribution in [-0.4, -0.2) is 37.9 Å². The summed E-state index contributed by atoms with van der Waals surface area (Å²) in [6.45, 7) is 3.00. The zero-order chi connectivity index (χ0) is 18.2. The molecule has 5 nitrogen and oxygen atoms in total. The Labute approximate surface area is 158 Å². The van der Waals surface area contributed by atoms with Gasteiger partial charge in [-0.25, -0.2) is 9.97 Å². The normalized spacial score (nSPS) is 12.3. The molecule has 0 aliphatic rings. The van der Waals surface area contributed by atoms with Crippen LogP contribution in [-0.2, 0) is 18.7 Å². The van der Waals surface area contributed by atoms with E-state index in [9.17, 15) is 0 Å². The molecule has 2 aromatic heterocycles. The Morgan fingerprint density at radius 1 is 0.962 bits per heavy atom. The summed E-state index contributed by atoms with van der Waals surface area (Å²) in [5.41, 5.74) is 3.40. The number of benzene rings is 1. The minimum Gasteiger partial charge on any atom is -0.299 e. The van der Waals surface area contributed by atoms with E-state index < -0.39 is 0 Å². The molecule has 0 fully saturated rings. The summed E-state index contributed by atoms with van der Waals surface area (Å²) < 4.78 is 0. The van der Waals surface area contributed by atoms with Crippen LogP contribution in [0.1, 0.15) is 23.7 Å². The average Bonchev–Trinajstić information content (AvgIpc) is 2.69. The maximum absolute atomic E-state index is 4.49. The van der Waals surface area contributed by atoms with Crippen LogP contribution in [0.3, 0.4) is 0 Å². The lowest BCUT2D eigenvalue weighted by Crippen LogP contribution is -2.30. The molecule has 3 rings (SSSR count). The predicted octanol–water partition coefficient (Wildman–Crippen LogP) is 3.62. The molecule has 1 unspecified atom stereocenters. The molecule has 0 aliphatic heterocycles. The summed E-state index contributed by atoms with van der Waals surface area (Å²) in [4.78, 5) is 19.7. The number of hydrogen-bond donors (Lipinski definition) is 0. The molecule has 0 saturated carbocycles. The van der Waals surface area contributed by atoms with Crippen LogP contribution in [0, 0.1) is 0 Å². The maximum Gasteiger partial charge on any atom is 0.187 e. The van der Waals surface area contributed by atoms with E-state index in [-0.39, 0.29) is 0 Å². The lowest BCUT2D eigenvalue weighted by molar-refractivity contribution is 0.246. The van der Waals surface area contributed by atoms with Crippen molar-refractivity contribution in [1.82, 2.24) is 24.8 Å². The summed E-state index contributed by atoms with van der Waals surface area (Å²) in [5, 5.41) is 0.813. The van der Waals surface area contributed by atoms with Crippen molar-refractivity contribution in [1.29, 1.82) is 0 Å². The Hall–Kier alpha value is -2.31. The zero-order valence-electron chi connectivity index (χ0n) is 15.1. The SMILES string of the molecule is CC(Cc1cnccn1)N(C)Cc1cnc(SCc2ccccc2)nc1. The van der Waals surface area contributed by atoms with Gasteiger partial charge >= 0.3 is 0 Å². The van der Waals surface area contributed by atoms with Crippen molar-refractivity contribution in [2.45, 2.75) is 36.8 Å². The number of hydrogen-bond acceptors (Lipinski definition) is 6. The lowest BCUT2D eigenvalue weighted by atomic mass is 10.1. The van der Waals surface area contributed by atoms with E-state index >= 15 is 0 Å². The van der Waals surface area contributed by atoms with E-state index in [4.69, 9.17) is 0 Å². The topological polar surface area (TPSA) is 54.8 Å².